The highest BCUT2D eigenvalue weighted by atomic mass is 31.2. The Balaban J connectivity index is 1.79. The normalized spacial score (nSPS) is 16.2. The highest BCUT2D eigenvalue weighted by Crippen LogP contribution is 2.51. The van der Waals surface area contributed by atoms with Crippen molar-refractivity contribution < 1.29 is 50.7 Å². The molecule has 2 aliphatic rings. The molecule has 0 atom stereocenters. The van der Waals surface area contributed by atoms with Gasteiger partial charge in [0.15, 0.2) is 23.0 Å². The number of aromatic nitrogens is 1. The molecule has 0 spiro atoms. The Kier molecular flexibility index (Phi) is 7.49. The third-order valence-electron chi connectivity index (χ3n) is 5.57. The standard InChI is InChI=1S/C23H26F2NO9P/c1-4-30-22(28)18-17(20(35-26-18)13-7-8-13)19(27)14-9-10-16-21(34-23(24,25)33-16)15(14)11-12-36(29,31-5-2)32-6-3/h9-10,13H,4-8,11-12H2,1-3H3. The lowest BCUT2D eigenvalue weighted by Gasteiger charge is -2.18. The molecule has 0 saturated heterocycles. The molecule has 1 aliphatic carbocycles. The summed E-state index contributed by atoms with van der Waals surface area (Å²) in [5.41, 5.74) is -0.454. The third kappa shape index (κ3) is 5.30. The van der Waals surface area contributed by atoms with Gasteiger partial charge < -0.3 is 27.8 Å². The number of carbonyl (C=O) groups is 2. The minimum atomic E-state index is -3.95. The van der Waals surface area contributed by atoms with Crippen LogP contribution in [0.25, 0.3) is 0 Å². The van der Waals surface area contributed by atoms with E-state index < -0.39 is 25.6 Å². The van der Waals surface area contributed by atoms with Gasteiger partial charge in [0.2, 0.25) is 5.69 Å². The Bertz CT molecular complexity index is 1200. The summed E-state index contributed by atoms with van der Waals surface area (Å²) in [6.07, 6.45) is -2.87. The smallest absolute Gasteiger partial charge is 0.461 e. The van der Waals surface area contributed by atoms with Gasteiger partial charge in [0.25, 0.3) is 0 Å². The second-order valence-electron chi connectivity index (χ2n) is 8.10. The van der Waals surface area contributed by atoms with E-state index in [-0.39, 0.29) is 78.0 Å². The molecule has 2 heterocycles. The van der Waals surface area contributed by atoms with Gasteiger partial charge in [-0.1, -0.05) is 5.16 Å². The van der Waals surface area contributed by atoms with Crippen molar-refractivity contribution in [3.8, 4) is 11.5 Å². The maximum Gasteiger partial charge on any atom is 0.586 e. The summed E-state index contributed by atoms with van der Waals surface area (Å²) >= 11 is 0. The second kappa shape index (κ2) is 10.3. The molecule has 0 unspecified atom stereocenters. The number of ether oxygens (including phenoxy) is 3. The molecule has 2 aromatic rings. The maximum atomic E-state index is 14.0. The van der Waals surface area contributed by atoms with Crippen molar-refractivity contribution in [2.24, 2.45) is 0 Å². The molecule has 1 fully saturated rings. The highest BCUT2D eigenvalue weighted by molar-refractivity contribution is 7.53. The Labute approximate surface area is 205 Å². The fourth-order valence-corrected chi connectivity index (χ4v) is 5.57. The molecule has 0 N–H and O–H groups in total. The average Bonchev–Trinajstić information content (AvgIpc) is 3.47. The predicted octanol–water partition coefficient (Wildman–Crippen LogP) is 5.09. The van der Waals surface area contributed by atoms with Crippen LogP contribution in [0.2, 0.25) is 0 Å². The first-order chi connectivity index (χ1) is 17.1. The van der Waals surface area contributed by atoms with Crippen LogP contribution in [0, 0.1) is 0 Å². The summed E-state index contributed by atoms with van der Waals surface area (Å²) < 4.78 is 71.2. The van der Waals surface area contributed by atoms with Gasteiger partial charge in [-0.25, -0.2) is 4.79 Å². The van der Waals surface area contributed by atoms with E-state index in [2.05, 4.69) is 9.89 Å². The molecule has 0 amide bonds. The fraction of sp³-hybridized carbons (Fsp3) is 0.522. The summed E-state index contributed by atoms with van der Waals surface area (Å²) in [7, 11) is -3.60. The van der Waals surface area contributed by atoms with Crippen molar-refractivity contribution >= 4 is 19.3 Å². The maximum absolute atomic E-state index is 14.0. The van der Waals surface area contributed by atoms with Crippen molar-refractivity contribution in [1.82, 2.24) is 5.16 Å². The van der Waals surface area contributed by atoms with Crippen molar-refractivity contribution in [1.29, 1.82) is 0 Å². The minimum Gasteiger partial charge on any atom is -0.461 e. The number of alkyl halides is 2. The van der Waals surface area contributed by atoms with Crippen LogP contribution >= 0.6 is 7.60 Å². The van der Waals surface area contributed by atoms with Gasteiger partial charge >= 0.3 is 19.9 Å². The molecule has 36 heavy (non-hydrogen) atoms. The molecule has 1 aliphatic heterocycles. The van der Waals surface area contributed by atoms with Gasteiger partial charge in [-0.15, -0.1) is 8.78 Å². The summed E-state index contributed by atoms with van der Waals surface area (Å²) in [5.74, 6) is -2.06. The Morgan fingerprint density at radius 3 is 2.42 bits per heavy atom. The van der Waals surface area contributed by atoms with Gasteiger partial charge in [-0.05, 0) is 52.2 Å². The van der Waals surface area contributed by atoms with E-state index in [0.29, 0.717) is 0 Å². The molecule has 1 aromatic carbocycles. The summed E-state index contributed by atoms with van der Waals surface area (Å²) in [4.78, 5) is 26.3. The van der Waals surface area contributed by atoms with Crippen LogP contribution in [0.15, 0.2) is 16.7 Å². The molecule has 1 saturated carbocycles. The van der Waals surface area contributed by atoms with E-state index in [4.69, 9.17) is 23.0 Å². The minimum absolute atomic E-state index is 0.00654. The molecule has 196 valence electrons. The van der Waals surface area contributed by atoms with E-state index in [1.807, 2.05) is 0 Å². The summed E-state index contributed by atoms with van der Waals surface area (Å²) in [6.45, 7) is 5.13. The number of hydrogen-bond donors (Lipinski definition) is 0. The number of benzene rings is 1. The number of carbonyl (C=O) groups excluding carboxylic acids is 2. The van der Waals surface area contributed by atoms with E-state index in [0.717, 1.165) is 12.8 Å². The van der Waals surface area contributed by atoms with E-state index in [1.165, 1.54) is 12.1 Å². The second-order valence-corrected chi connectivity index (χ2v) is 10.3. The van der Waals surface area contributed by atoms with Gasteiger partial charge in [0, 0.05) is 17.0 Å². The van der Waals surface area contributed by atoms with Gasteiger partial charge in [0.05, 0.1) is 26.0 Å². The van der Waals surface area contributed by atoms with E-state index >= 15 is 0 Å². The average molecular weight is 529 g/mol. The summed E-state index contributed by atoms with van der Waals surface area (Å²) in [6, 6.07) is 2.46. The fourth-order valence-electron chi connectivity index (χ4n) is 3.96. The number of ketones is 1. The molecule has 0 radical (unpaired) electrons. The number of hydrogen-bond acceptors (Lipinski definition) is 10. The highest BCUT2D eigenvalue weighted by Gasteiger charge is 2.46. The Morgan fingerprint density at radius 2 is 1.81 bits per heavy atom. The molecule has 0 bridgehead atoms. The topological polar surface area (TPSA) is 123 Å². The Hall–Kier alpha value is -2.82. The predicted molar refractivity (Wildman–Crippen MR) is 120 cm³/mol. The number of fused-ring (bicyclic) bond motifs is 1. The van der Waals surface area contributed by atoms with Crippen molar-refractivity contribution in [3.63, 3.8) is 0 Å². The van der Waals surface area contributed by atoms with Crippen molar-refractivity contribution in [3.05, 3.63) is 40.3 Å². The molecule has 4 rings (SSSR count). The van der Waals surface area contributed by atoms with Gasteiger partial charge in [-0.2, -0.15) is 0 Å². The zero-order chi connectivity index (χ0) is 26.1. The number of rotatable bonds is 12. The molecular formula is C23H26F2NO9P. The first-order valence-corrected chi connectivity index (χ1v) is 13.4. The van der Waals surface area contributed by atoms with Crippen LogP contribution in [0.5, 0.6) is 11.5 Å². The molecular weight excluding hydrogens is 503 g/mol. The van der Waals surface area contributed by atoms with Gasteiger partial charge in [0.1, 0.15) is 5.56 Å². The van der Waals surface area contributed by atoms with Crippen molar-refractivity contribution in [2.75, 3.05) is 26.0 Å². The van der Waals surface area contributed by atoms with Crippen molar-refractivity contribution in [2.45, 2.75) is 52.2 Å². The third-order valence-corrected chi connectivity index (χ3v) is 7.64. The molecule has 13 heteroatoms. The summed E-state index contributed by atoms with van der Waals surface area (Å²) in [5, 5.41) is 3.77. The van der Waals surface area contributed by atoms with Crippen LogP contribution in [-0.2, 0) is 24.8 Å². The van der Waals surface area contributed by atoms with E-state index in [1.54, 1.807) is 20.8 Å². The van der Waals surface area contributed by atoms with Crippen LogP contribution < -0.4 is 9.47 Å². The Morgan fingerprint density at radius 1 is 1.11 bits per heavy atom. The van der Waals surface area contributed by atoms with Crippen LogP contribution in [0.3, 0.4) is 0 Å². The molecule has 1 aromatic heterocycles. The van der Waals surface area contributed by atoms with Crippen LogP contribution in [0.1, 0.15) is 77.3 Å². The number of nitrogens with zero attached hydrogens (tertiary/aromatic N) is 1. The SMILES string of the molecule is CCOC(=O)c1noc(C2CC2)c1C(=O)c1ccc2c(c1CCP(=O)(OCC)OCC)OC(F)(F)O2. The van der Waals surface area contributed by atoms with Crippen LogP contribution in [-0.4, -0.2) is 49.2 Å². The quantitative estimate of drug-likeness (QED) is 0.209. The monoisotopic (exact) mass is 529 g/mol. The zero-order valence-electron chi connectivity index (χ0n) is 20.0. The largest absolute Gasteiger partial charge is 0.586 e. The first-order valence-electron chi connectivity index (χ1n) is 11.6. The molecule has 10 nitrogen and oxygen atoms in total. The van der Waals surface area contributed by atoms with Gasteiger partial charge in [-0.3, -0.25) is 9.36 Å². The zero-order valence-corrected chi connectivity index (χ0v) is 20.9. The number of esters is 1. The lowest BCUT2D eigenvalue weighted by Crippen LogP contribution is -2.26. The number of halogens is 2. The van der Waals surface area contributed by atoms with E-state index in [9.17, 15) is 22.9 Å². The lowest BCUT2D eigenvalue weighted by atomic mass is 9.93. The lowest BCUT2D eigenvalue weighted by molar-refractivity contribution is -0.286. The van der Waals surface area contributed by atoms with Crippen LogP contribution in [0.4, 0.5) is 8.78 Å². The first kappa shape index (κ1) is 26.2.